The van der Waals surface area contributed by atoms with Crippen molar-refractivity contribution in [3.63, 3.8) is 0 Å². The fourth-order valence-electron chi connectivity index (χ4n) is 0. The third-order valence-electron chi connectivity index (χ3n) is 0. The Balaban J connectivity index is 0. The quantitative estimate of drug-likeness (QED) is 0.341. The topological polar surface area (TPSA) is 0 Å². The number of hydrogen-bond donors (Lipinski definition) is 0. The van der Waals surface area contributed by atoms with Crippen molar-refractivity contribution in [1.82, 2.24) is 0 Å². The van der Waals surface area contributed by atoms with Crippen molar-refractivity contribution in [2.45, 2.75) is 0 Å². The maximum atomic E-state index is 5.88. The van der Waals surface area contributed by atoms with E-state index in [1.165, 1.54) is 0 Å². The van der Waals surface area contributed by atoms with E-state index in [0.29, 0.717) is 0 Å². The molecule has 0 saturated carbocycles. The number of hydrogen-bond acceptors (Lipinski definition) is 0. The molecule has 0 bridgehead atoms. The van der Waals surface area contributed by atoms with E-state index < -0.39 is 0 Å². The molecule has 0 aliphatic carbocycles. The minimum atomic E-state index is -0.250. The maximum absolute atomic E-state index is 5.88. The van der Waals surface area contributed by atoms with Gasteiger partial charge in [0, 0.05) is 0 Å². The first kappa shape index (κ1) is 3.57. The summed E-state index contributed by atoms with van der Waals surface area (Å²) >= 11 is -0.250. The van der Waals surface area contributed by atoms with Crippen LogP contribution in [0.15, 0.2) is 0 Å². The summed E-state index contributed by atoms with van der Waals surface area (Å²) in [5.74, 6) is 0. The van der Waals surface area contributed by atoms with E-state index in [9.17, 15) is 0 Å². The van der Waals surface area contributed by atoms with E-state index in [-0.39, 0.29) is 16.8 Å². The Morgan fingerprint density at radius 2 is 3.00 bits per heavy atom. The van der Waals surface area contributed by atoms with Crippen LogP contribution in [0.2, 0.25) is 0 Å². The average Bonchev–Trinajstić information content (AvgIpc) is 1.39. The average molecular weight is 141 g/mol. The van der Waals surface area contributed by atoms with Crippen LogP contribution in [-0.4, -0.2) is 8.57 Å². The molecule has 0 nitrogen and oxygen atoms in total. The van der Waals surface area contributed by atoms with Gasteiger partial charge in [0.1, 0.15) is 0 Å². The molecule has 2 unspecified atom stereocenters. The van der Waals surface area contributed by atoms with Crippen LogP contribution in [-0.2, 0) is 16.8 Å². The zero-order valence-corrected chi connectivity index (χ0v) is 5.69. The van der Waals surface area contributed by atoms with Crippen LogP contribution >= 0.6 is 17.2 Å². The van der Waals surface area contributed by atoms with E-state index in [1.807, 2.05) is 0 Å². The van der Waals surface area contributed by atoms with Crippen LogP contribution in [0.25, 0.3) is 0 Å². The first-order valence-corrected chi connectivity index (χ1v) is 4.10. The van der Waals surface area contributed by atoms with Gasteiger partial charge in [0.05, 0.1) is 0 Å². The molecule has 0 saturated heterocycles. The molecule has 4 heavy (non-hydrogen) atoms. The summed E-state index contributed by atoms with van der Waals surface area (Å²) in [4.78, 5) is 0. The van der Waals surface area contributed by atoms with E-state index in [2.05, 4.69) is 15.6 Å². The van der Waals surface area contributed by atoms with Gasteiger partial charge in [0.25, 0.3) is 0 Å². The van der Waals surface area contributed by atoms with Crippen LogP contribution < -0.4 is 0 Å². The summed E-state index contributed by atoms with van der Waals surface area (Å²) in [5, 5.41) is 0. The monoisotopic (exact) mass is 141 g/mol. The van der Waals surface area contributed by atoms with Gasteiger partial charge in [0.15, 0.2) is 0 Å². The molecule has 0 rings (SSSR count). The molecule has 0 aromatic rings. The second kappa shape index (κ2) is 8.83. The molecule has 0 aromatic heterocycles. The minimum absolute atomic E-state index is 0.250. The van der Waals surface area contributed by atoms with E-state index in [0.717, 1.165) is 8.27 Å². The van der Waals surface area contributed by atoms with Gasteiger partial charge in [0.2, 0.25) is 0 Å². The third kappa shape index (κ3) is 10.1. The predicted octanol–water partition coefficient (Wildman–Crippen LogP) is 0.547. The predicted molar refractivity (Wildman–Crippen MR) is 26.7 cm³/mol. The van der Waals surface area contributed by atoms with Crippen molar-refractivity contribution in [2.75, 3.05) is 6.66 Å². The Morgan fingerprint density at radius 1 is 3.00 bits per heavy atom. The molecule has 0 aliphatic rings. The fraction of sp³-hybridized carbons (Fsp3) is 1.00. The van der Waals surface area contributed by atoms with Crippen LogP contribution in [0.1, 0.15) is 0 Å². The van der Waals surface area contributed by atoms with Crippen LogP contribution in [0, 0.1) is 0 Å². The first-order chi connectivity index (χ1) is 2.83. The van der Waals surface area contributed by atoms with Crippen molar-refractivity contribution in [1.29, 1.82) is 1.91 Å². The molecular formula is CH8FeP2. The van der Waals surface area contributed by atoms with Gasteiger partial charge in [-0.2, -0.15) is 0 Å². The van der Waals surface area contributed by atoms with Crippen LogP contribution in [0.4, 0.5) is 0 Å². The summed E-state index contributed by atoms with van der Waals surface area (Å²) in [5.41, 5.74) is 0. The van der Waals surface area contributed by atoms with Gasteiger partial charge < -0.3 is 0 Å². The molecule has 0 aromatic carbocycles. The van der Waals surface area contributed by atoms with Gasteiger partial charge in [-0.3, -0.25) is 0 Å². The zero-order valence-electron chi connectivity index (χ0n) is 4.43. The Kier molecular flexibility index (Phi) is 7.87. The van der Waals surface area contributed by atoms with Crippen LogP contribution in [0.5, 0.6) is 0 Å². The second-order valence-corrected chi connectivity index (χ2v) is 2.60. The Morgan fingerprint density at radius 3 is 3.00 bits per heavy atom. The Labute approximate surface area is 43.2 Å². The summed E-state index contributed by atoms with van der Waals surface area (Å²) in [6.07, 6.45) is 0. The third-order valence-corrected chi connectivity index (χ3v) is 0. The molecule has 0 fully saturated rings. The normalized spacial score (nSPS) is 13.5. The van der Waals surface area contributed by atoms with E-state index in [4.69, 9.17) is 1.91 Å². The first-order valence-electron chi connectivity index (χ1n) is 1.50. The molecule has 3 heteroatoms. The molecule has 0 radical (unpaired) electrons. The summed E-state index contributed by atoms with van der Waals surface area (Å²) in [7, 11) is 3.61. The van der Waals surface area contributed by atoms with Crippen molar-refractivity contribution < 1.29 is 16.8 Å². The van der Waals surface area contributed by atoms with Gasteiger partial charge in [-0.15, -0.1) is 17.2 Å². The van der Waals surface area contributed by atoms with E-state index >= 15 is 0 Å². The van der Waals surface area contributed by atoms with Crippen molar-refractivity contribution in [3.05, 3.63) is 0 Å². The van der Waals surface area contributed by atoms with Gasteiger partial charge in [-0.1, -0.05) is 0 Å². The summed E-state index contributed by atoms with van der Waals surface area (Å²) in [6.45, 7) is 2.12. The van der Waals surface area contributed by atoms with Gasteiger partial charge >= 0.3 is 18.7 Å². The Hall–Kier alpha value is 1.38. The summed E-state index contributed by atoms with van der Waals surface area (Å²) in [6, 6.07) is 0. The molecule has 30 valence electrons. The molecule has 0 aliphatic heterocycles. The molecule has 0 spiro atoms. The standard InChI is InChI=1S/CH6P2.Fe.2H/c1-3-2;;;/h3H,2H2,1H3;;;/i;;1+2;1+1. The molecule has 2 atom stereocenters. The van der Waals surface area contributed by atoms with Gasteiger partial charge in [-0.25, -0.2) is 0 Å². The van der Waals surface area contributed by atoms with Gasteiger partial charge in [-0.05, 0) is 6.66 Å². The SMILES string of the molecule is CPP.[2H][Fe][3H]. The molecular weight excluding hydrogens is 130 g/mol. The fourth-order valence-corrected chi connectivity index (χ4v) is 0. The van der Waals surface area contributed by atoms with Crippen molar-refractivity contribution >= 4 is 17.2 Å². The molecule has 0 heterocycles. The van der Waals surface area contributed by atoms with Crippen molar-refractivity contribution in [3.8, 4) is 0 Å². The Bertz CT molecular complexity index is 13.5. The van der Waals surface area contributed by atoms with E-state index in [1.54, 1.807) is 0 Å². The zero-order chi connectivity index (χ0) is 5.41. The summed E-state index contributed by atoms with van der Waals surface area (Å²) < 4.78 is 11.8. The number of rotatable bonds is 0. The van der Waals surface area contributed by atoms with Crippen LogP contribution in [0.3, 0.4) is 0 Å². The van der Waals surface area contributed by atoms with Crippen molar-refractivity contribution in [2.24, 2.45) is 0 Å². The molecule has 0 amide bonds. The second-order valence-electron chi connectivity index (χ2n) is 0.289. The molecule has 0 N–H and O–H groups in total.